The van der Waals surface area contributed by atoms with Crippen molar-refractivity contribution in [2.75, 3.05) is 52.3 Å². The van der Waals surface area contributed by atoms with Gasteiger partial charge in [0.1, 0.15) is 6.29 Å². The lowest BCUT2D eigenvalue weighted by Gasteiger charge is -2.25. The highest BCUT2D eigenvalue weighted by molar-refractivity contribution is 5.81. The van der Waals surface area contributed by atoms with Crippen molar-refractivity contribution in [2.45, 2.75) is 85.6 Å². The Morgan fingerprint density at radius 3 is 2.44 bits per heavy atom. The van der Waals surface area contributed by atoms with Gasteiger partial charge in [0.15, 0.2) is 17.3 Å². The summed E-state index contributed by atoms with van der Waals surface area (Å²) in [5.41, 5.74) is 6.86. The van der Waals surface area contributed by atoms with E-state index >= 15 is 0 Å². The summed E-state index contributed by atoms with van der Waals surface area (Å²) in [7, 11) is 3.68. The summed E-state index contributed by atoms with van der Waals surface area (Å²) in [6.07, 6.45) is 13.9. The minimum absolute atomic E-state index is 0. The number of hydrogen-bond acceptors (Lipinski definition) is 8. The van der Waals surface area contributed by atoms with E-state index in [-0.39, 0.29) is 7.43 Å². The molecule has 2 aliphatic rings. The fourth-order valence-electron chi connectivity index (χ4n) is 4.95. The number of anilines is 1. The summed E-state index contributed by atoms with van der Waals surface area (Å²) in [4.78, 5) is 9.85. The average Bonchev–Trinajstić information content (AvgIpc) is 3.57. The number of ether oxygens (including phenoxy) is 2. The van der Waals surface area contributed by atoms with Crippen LogP contribution in [0, 0.1) is 0 Å². The quantitative estimate of drug-likeness (QED) is 0.0456. The molecule has 1 fully saturated rings. The van der Waals surface area contributed by atoms with Crippen LogP contribution >= 0.6 is 0 Å². The molecule has 0 radical (unpaired) electrons. The lowest BCUT2D eigenvalue weighted by atomic mass is 9.93. The fourth-order valence-corrected chi connectivity index (χ4v) is 4.95. The third-order valence-electron chi connectivity index (χ3n) is 7.60. The Hall–Kier alpha value is -3.40. The Labute approximate surface area is 272 Å². The van der Waals surface area contributed by atoms with Gasteiger partial charge in [-0.15, -0.1) is 13.2 Å². The molecule has 0 atom stereocenters. The number of fused-ring (bicyclic) bond motifs is 3. The number of carbonyl (C=O) groups is 1. The van der Waals surface area contributed by atoms with Crippen LogP contribution in [0.3, 0.4) is 0 Å². The SMILES string of the molecule is C.C/C=C\C(Nc1n[nH]c2c1Cc1cc(OCCCNCCCCNC)c(OC)cc1-2)=C(C)C.C=C.O=CCCNC1CCC1. The van der Waals surface area contributed by atoms with Crippen LogP contribution in [0.2, 0.25) is 0 Å². The number of benzene rings is 1. The predicted octanol–water partition coefficient (Wildman–Crippen LogP) is 6.79. The topological polar surface area (TPSA) is 112 Å². The Morgan fingerprint density at radius 1 is 1.09 bits per heavy atom. The number of H-pyrrole nitrogens is 1. The normalized spacial score (nSPS) is 12.7. The number of nitrogens with one attached hydrogen (secondary N) is 5. The molecule has 9 heteroatoms. The van der Waals surface area contributed by atoms with Gasteiger partial charge in [-0.2, -0.15) is 5.10 Å². The molecule has 0 amide bonds. The maximum absolute atomic E-state index is 9.85. The van der Waals surface area contributed by atoms with Crippen molar-refractivity contribution in [3.63, 3.8) is 0 Å². The van der Waals surface area contributed by atoms with E-state index in [2.05, 4.69) is 76.7 Å². The molecule has 1 aromatic heterocycles. The molecule has 2 aromatic rings. The molecule has 1 saturated carbocycles. The Bertz CT molecular complexity index is 1180. The summed E-state index contributed by atoms with van der Waals surface area (Å²) in [6.45, 7) is 16.8. The number of methoxy groups -OCH3 is 1. The zero-order chi connectivity index (χ0) is 32.2. The van der Waals surface area contributed by atoms with Crippen molar-refractivity contribution in [1.29, 1.82) is 0 Å². The first kappa shape index (κ1) is 39.6. The summed E-state index contributed by atoms with van der Waals surface area (Å²) in [5, 5.41) is 21.2. The van der Waals surface area contributed by atoms with E-state index in [0.717, 1.165) is 85.6 Å². The third-order valence-corrected chi connectivity index (χ3v) is 7.60. The summed E-state index contributed by atoms with van der Waals surface area (Å²) >= 11 is 0. The molecule has 0 aliphatic heterocycles. The molecule has 252 valence electrons. The number of hydrogen-bond donors (Lipinski definition) is 5. The van der Waals surface area contributed by atoms with E-state index in [1.54, 1.807) is 7.11 Å². The van der Waals surface area contributed by atoms with Gasteiger partial charge >= 0.3 is 0 Å². The Kier molecular flexibility index (Phi) is 20.3. The second kappa shape index (κ2) is 23.0. The first-order valence-corrected chi connectivity index (χ1v) is 16.0. The number of allylic oxidation sites excluding steroid dienone is 3. The van der Waals surface area contributed by atoms with Gasteiger partial charge < -0.3 is 35.5 Å². The minimum Gasteiger partial charge on any atom is -0.493 e. The van der Waals surface area contributed by atoms with Crippen molar-refractivity contribution in [2.24, 2.45) is 0 Å². The second-order valence-electron chi connectivity index (χ2n) is 11.1. The van der Waals surface area contributed by atoms with Crippen LogP contribution in [0.25, 0.3) is 11.3 Å². The van der Waals surface area contributed by atoms with Gasteiger partial charge in [-0.05, 0) is 103 Å². The number of carbonyl (C=O) groups excluding carboxylic acids is 1. The zero-order valence-electron chi connectivity index (χ0n) is 27.7. The largest absolute Gasteiger partial charge is 0.493 e. The van der Waals surface area contributed by atoms with Crippen molar-refractivity contribution >= 4 is 12.1 Å². The first-order valence-electron chi connectivity index (χ1n) is 16.0. The highest BCUT2D eigenvalue weighted by atomic mass is 16.5. The molecule has 4 rings (SSSR count). The fraction of sp³-hybridized carbons (Fsp3) is 0.556. The van der Waals surface area contributed by atoms with Gasteiger partial charge in [0.2, 0.25) is 0 Å². The molecule has 1 heterocycles. The maximum Gasteiger partial charge on any atom is 0.161 e. The van der Waals surface area contributed by atoms with Gasteiger partial charge in [0, 0.05) is 42.3 Å². The molecule has 2 aliphatic carbocycles. The van der Waals surface area contributed by atoms with Crippen molar-refractivity contribution in [3.8, 4) is 22.8 Å². The molecule has 5 N–H and O–H groups in total. The lowest BCUT2D eigenvalue weighted by molar-refractivity contribution is -0.107. The van der Waals surface area contributed by atoms with E-state index in [0.29, 0.717) is 13.0 Å². The first-order chi connectivity index (χ1) is 21.5. The molecule has 0 saturated heterocycles. The van der Waals surface area contributed by atoms with Crippen LogP contribution in [0.15, 0.2) is 48.7 Å². The van der Waals surface area contributed by atoms with Crippen molar-refractivity contribution < 1.29 is 14.3 Å². The molecule has 9 nitrogen and oxygen atoms in total. The van der Waals surface area contributed by atoms with E-state index in [4.69, 9.17) is 9.47 Å². The van der Waals surface area contributed by atoms with Crippen LogP contribution in [-0.4, -0.2) is 69.5 Å². The van der Waals surface area contributed by atoms with Gasteiger partial charge in [0.25, 0.3) is 0 Å². The van der Waals surface area contributed by atoms with E-state index < -0.39 is 0 Å². The zero-order valence-corrected chi connectivity index (χ0v) is 27.7. The molecular weight excluding hydrogens is 564 g/mol. The molecule has 0 spiro atoms. The maximum atomic E-state index is 9.85. The molecule has 0 bridgehead atoms. The minimum atomic E-state index is 0. The number of rotatable bonds is 18. The van der Waals surface area contributed by atoms with Crippen LogP contribution in [-0.2, 0) is 11.2 Å². The number of aromatic nitrogens is 2. The number of unbranched alkanes of at least 4 members (excludes halogenated alkanes) is 1. The molecule has 45 heavy (non-hydrogen) atoms. The summed E-state index contributed by atoms with van der Waals surface area (Å²) in [5.74, 6) is 2.43. The molecular formula is C36H60N6O3. The number of nitrogens with zero attached hydrogens (tertiary/aromatic N) is 1. The lowest BCUT2D eigenvalue weighted by Crippen LogP contribution is -2.35. The van der Waals surface area contributed by atoms with Crippen LogP contribution in [0.5, 0.6) is 11.5 Å². The third kappa shape index (κ3) is 12.9. The Morgan fingerprint density at radius 2 is 1.82 bits per heavy atom. The second-order valence-corrected chi connectivity index (χ2v) is 11.1. The molecule has 0 unspecified atom stereocenters. The van der Waals surface area contributed by atoms with Crippen LogP contribution in [0.4, 0.5) is 5.82 Å². The predicted molar refractivity (Wildman–Crippen MR) is 191 cm³/mol. The van der Waals surface area contributed by atoms with Crippen LogP contribution in [0.1, 0.15) is 84.3 Å². The van der Waals surface area contributed by atoms with Gasteiger partial charge in [-0.1, -0.05) is 25.5 Å². The van der Waals surface area contributed by atoms with E-state index in [1.807, 2.05) is 20.0 Å². The van der Waals surface area contributed by atoms with Gasteiger partial charge in [0.05, 0.1) is 19.4 Å². The average molecular weight is 625 g/mol. The number of aldehydes is 1. The monoisotopic (exact) mass is 624 g/mol. The van der Waals surface area contributed by atoms with Crippen molar-refractivity contribution in [1.82, 2.24) is 26.1 Å². The van der Waals surface area contributed by atoms with Crippen molar-refractivity contribution in [3.05, 3.63) is 59.8 Å². The standard InChI is InChI=1S/C26H39N5O2.C7H13NO.C2H4.CH4/c1-6-10-22(18(2)3)29-26-21-15-19-16-24(23(32-5)17-20(19)25(21)30-31-26)33-14-9-13-28-12-8-7-11-27-4;9-6-2-5-8-7-3-1-4-7;1-2;/h6,10,16-17,27-28H,7-9,11-15H2,1-5H3,(H2,29,30,31);6-8H,1-5H2;1-2H2;1H4/b10-6-;;;. The van der Waals surface area contributed by atoms with Gasteiger partial charge in [-0.25, -0.2) is 0 Å². The smallest absolute Gasteiger partial charge is 0.161 e. The summed E-state index contributed by atoms with van der Waals surface area (Å²) in [6, 6.07) is 4.90. The highest BCUT2D eigenvalue weighted by Crippen LogP contribution is 2.44. The highest BCUT2D eigenvalue weighted by Gasteiger charge is 2.27. The van der Waals surface area contributed by atoms with Gasteiger partial charge in [-0.3, -0.25) is 5.10 Å². The Balaban J connectivity index is 0.000000718. The van der Waals surface area contributed by atoms with E-state index in [1.165, 1.54) is 48.8 Å². The van der Waals surface area contributed by atoms with E-state index in [9.17, 15) is 4.79 Å². The van der Waals surface area contributed by atoms with Crippen LogP contribution < -0.4 is 30.7 Å². The summed E-state index contributed by atoms with van der Waals surface area (Å²) < 4.78 is 11.7. The number of aromatic amines is 1. The molecule has 1 aromatic carbocycles.